The summed E-state index contributed by atoms with van der Waals surface area (Å²) in [6, 6.07) is 25.3. The first-order chi connectivity index (χ1) is 15.1. The predicted octanol–water partition coefficient (Wildman–Crippen LogP) is 6.36. The standard InChI is InChI=1S/C25H20ClNO2S2/c26-21-12-6-4-11-20(21)17-29-22-13-7-5-10-19(22)16-23-24(28)27(25(30)31-23)15-14-18-8-2-1-3-9-18/h1-13,16H,14-15,17H2/b23-16-. The number of thiocarbonyl (C=S) groups is 1. The van der Waals surface area contributed by atoms with Crippen LogP contribution in [0.15, 0.2) is 83.8 Å². The van der Waals surface area contributed by atoms with E-state index in [1.807, 2.05) is 72.8 Å². The highest BCUT2D eigenvalue weighted by molar-refractivity contribution is 8.26. The van der Waals surface area contributed by atoms with Crippen molar-refractivity contribution in [1.82, 2.24) is 4.90 Å². The Hall–Kier alpha value is -2.60. The van der Waals surface area contributed by atoms with Gasteiger partial charge in [0.25, 0.3) is 5.91 Å². The van der Waals surface area contributed by atoms with Crippen LogP contribution < -0.4 is 4.74 Å². The highest BCUT2D eigenvalue weighted by Gasteiger charge is 2.31. The fraction of sp³-hybridized carbons (Fsp3) is 0.120. The summed E-state index contributed by atoms with van der Waals surface area (Å²) in [6.07, 6.45) is 2.61. The summed E-state index contributed by atoms with van der Waals surface area (Å²) in [6.45, 7) is 0.916. The van der Waals surface area contributed by atoms with E-state index in [0.717, 1.165) is 17.5 Å². The third kappa shape index (κ3) is 5.37. The summed E-state index contributed by atoms with van der Waals surface area (Å²) in [7, 11) is 0. The number of carbonyl (C=O) groups excluding carboxylic acids is 1. The van der Waals surface area contributed by atoms with E-state index >= 15 is 0 Å². The molecule has 3 aromatic carbocycles. The molecular weight excluding hydrogens is 446 g/mol. The summed E-state index contributed by atoms with van der Waals surface area (Å²) in [5.41, 5.74) is 2.92. The molecule has 0 bridgehead atoms. The van der Waals surface area contributed by atoms with Gasteiger partial charge in [-0.2, -0.15) is 0 Å². The number of ether oxygens (including phenoxy) is 1. The third-order valence-corrected chi connectivity index (χ3v) is 6.63. The maximum atomic E-state index is 13.0. The van der Waals surface area contributed by atoms with Gasteiger partial charge in [-0.15, -0.1) is 0 Å². The smallest absolute Gasteiger partial charge is 0.266 e. The van der Waals surface area contributed by atoms with Crippen LogP contribution in [-0.2, 0) is 17.8 Å². The molecule has 0 unspecified atom stereocenters. The molecule has 3 nitrogen and oxygen atoms in total. The van der Waals surface area contributed by atoms with E-state index in [9.17, 15) is 4.79 Å². The minimum absolute atomic E-state index is 0.0631. The molecular formula is C25H20ClNO2S2. The van der Waals surface area contributed by atoms with Crippen LogP contribution >= 0.6 is 35.6 Å². The van der Waals surface area contributed by atoms with Crippen molar-refractivity contribution < 1.29 is 9.53 Å². The lowest BCUT2D eigenvalue weighted by Crippen LogP contribution is -2.30. The maximum Gasteiger partial charge on any atom is 0.266 e. The molecule has 0 N–H and O–H groups in total. The summed E-state index contributed by atoms with van der Waals surface area (Å²) in [4.78, 5) is 15.2. The fourth-order valence-corrected chi connectivity index (χ4v) is 4.71. The second-order valence-corrected chi connectivity index (χ2v) is 9.07. The van der Waals surface area contributed by atoms with Crippen LogP contribution in [0.4, 0.5) is 0 Å². The average molecular weight is 466 g/mol. The molecule has 0 atom stereocenters. The topological polar surface area (TPSA) is 29.5 Å². The van der Waals surface area contributed by atoms with E-state index in [1.165, 1.54) is 17.3 Å². The van der Waals surface area contributed by atoms with E-state index < -0.39 is 0 Å². The maximum absolute atomic E-state index is 13.0. The van der Waals surface area contributed by atoms with Gasteiger partial charge in [-0.1, -0.05) is 102 Å². The van der Waals surface area contributed by atoms with Crippen molar-refractivity contribution in [3.05, 3.63) is 105 Å². The Bertz CT molecular complexity index is 1130. The second-order valence-electron chi connectivity index (χ2n) is 6.99. The first-order valence-corrected chi connectivity index (χ1v) is 11.5. The van der Waals surface area contributed by atoms with Gasteiger partial charge in [0, 0.05) is 22.7 Å². The Kier molecular flexibility index (Phi) is 7.07. The van der Waals surface area contributed by atoms with Crippen LogP contribution in [0, 0.1) is 0 Å². The Morgan fingerprint density at radius 3 is 2.48 bits per heavy atom. The van der Waals surface area contributed by atoms with Gasteiger partial charge >= 0.3 is 0 Å². The van der Waals surface area contributed by atoms with Gasteiger partial charge in [-0.05, 0) is 30.2 Å². The van der Waals surface area contributed by atoms with Crippen molar-refractivity contribution in [2.24, 2.45) is 0 Å². The summed E-state index contributed by atoms with van der Waals surface area (Å²) in [5, 5.41) is 0.666. The van der Waals surface area contributed by atoms with Crippen molar-refractivity contribution in [2.45, 2.75) is 13.0 Å². The van der Waals surface area contributed by atoms with Crippen LogP contribution in [0.2, 0.25) is 5.02 Å². The van der Waals surface area contributed by atoms with Crippen LogP contribution in [-0.4, -0.2) is 21.7 Å². The molecule has 1 heterocycles. The number of benzene rings is 3. The Labute approximate surface area is 196 Å². The molecule has 0 spiro atoms. The highest BCUT2D eigenvalue weighted by atomic mass is 35.5. The number of para-hydroxylation sites is 1. The molecule has 1 fully saturated rings. The normalized spacial score (nSPS) is 15.0. The number of halogens is 1. The molecule has 3 aromatic rings. The SMILES string of the molecule is O=C1/C(=C/c2ccccc2OCc2ccccc2Cl)SC(=S)N1CCc1ccccc1. The first kappa shape index (κ1) is 21.6. The molecule has 0 aliphatic carbocycles. The van der Waals surface area contributed by atoms with Crippen LogP contribution in [0.1, 0.15) is 16.7 Å². The van der Waals surface area contributed by atoms with Crippen molar-refractivity contribution in [3.63, 3.8) is 0 Å². The second kappa shape index (κ2) is 10.1. The number of amides is 1. The number of hydrogen-bond acceptors (Lipinski definition) is 4. The molecule has 1 amide bonds. The van der Waals surface area contributed by atoms with Gasteiger partial charge in [0.1, 0.15) is 16.7 Å². The Morgan fingerprint density at radius 2 is 1.68 bits per heavy atom. The quantitative estimate of drug-likeness (QED) is 0.300. The fourth-order valence-electron chi connectivity index (χ4n) is 3.22. The molecule has 1 aliphatic rings. The van der Waals surface area contributed by atoms with E-state index in [0.29, 0.717) is 33.1 Å². The molecule has 1 saturated heterocycles. The number of rotatable bonds is 7. The number of nitrogens with zero attached hydrogens (tertiary/aromatic N) is 1. The first-order valence-electron chi connectivity index (χ1n) is 9.86. The van der Waals surface area contributed by atoms with Gasteiger partial charge in [0.05, 0.1) is 4.91 Å². The van der Waals surface area contributed by atoms with Crippen LogP contribution in [0.3, 0.4) is 0 Å². The van der Waals surface area contributed by atoms with Crippen LogP contribution in [0.25, 0.3) is 6.08 Å². The molecule has 0 saturated carbocycles. The van der Waals surface area contributed by atoms with Crippen molar-refractivity contribution >= 4 is 51.9 Å². The lowest BCUT2D eigenvalue weighted by Gasteiger charge is -2.14. The molecule has 1 aliphatic heterocycles. The monoisotopic (exact) mass is 465 g/mol. The third-order valence-electron chi connectivity index (χ3n) is 4.89. The summed E-state index contributed by atoms with van der Waals surface area (Å²) >= 11 is 13.0. The van der Waals surface area contributed by atoms with Crippen LogP contribution in [0.5, 0.6) is 5.75 Å². The number of thioether (sulfide) groups is 1. The Balaban J connectivity index is 1.47. The molecule has 156 valence electrons. The van der Waals surface area contributed by atoms with Gasteiger partial charge in [-0.3, -0.25) is 9.69 Å². The highest BCUT2D eigenvalue weighted by Crippen LogP contribution is 2.34. The van der Waals surface area contributed by atoms with E-state index in [-0.39, 0.29) is 5.91 Å². The lowest BCUT2D eigenvalue weighted by molar-refractivity contribution is -0.122. The minimum atomic E-state index is -0.0631. The van der Waals surface area contributed by atoms with Gasteiger partial charge < -0.3 is 4.74 Å². The summed E-state index contributed by atoms with van der Waals surface area (Å²) < 4.78 is 6.60. The minimum Gasteiger partial charge on any atom is -0.488 e. The lowest BCUT2D eigenvalue weighted by atomic mass is 10.1. The molecule has 0 radical (unpaired) electrons. The molecule has 0 aromatic heterocycles. The largest absolute Gasteiger partial charge is 0.488 e. The zero-order valence-electron chi connectivity index (χ0n) is 16.7. The summed E-state index contributed by atoms with van der Waals surface area (Å²) in [5.74, 6) is 0.629. The van der Waals surface area contributed by atoms with E-state index in [2.05, 4.69) is 12.1 Å². The van der Waals surface area contributed by atoms with E-state index in [1.54, 1.807) is 4.90 Å². The molecule has 31 heavy (non-hydrogen) atoms. The van der Waals surface area contributed by atoms with Gasteiger partial charge in [-0.25, -0.2) is 0 Å². The molecule has 4 rings (SSSR count). The predicted molar refractivity (Wildman–Crippen MR) is 132 cm³/mol. The van der Waals surface area contributed by atoms with E-state index in [4.69, 9.17) is 28.6 Å². The van der Waals surface area contributed by atoms with Gasteiger partial charge in [0.15, 0.2) is 0 Å². The van der Waals surface area contributed by atoms with Crippen molar-refractivity contribution in [1.29, 1.82) is 0 Å². The average Bonchev–Trinajstić information content (AvgIpc) is 3.05. The zero-order chi connectivity index (χ0) is 21.6. The number of carbonyl (C=O) groups is 1. The Morgan fingerprint density at radius 1 is 0.968 bits per heavy atom. The molecule has 6 heteroatoms. The van der Waals surface area contributed by atoms with Crippen molar-refractivity contribution in [3.8, 4) is 5.75 Å². The zero-order valence-corrected chi connectivity index (χ0v) is 19.1. The van der Waals surface area contributed by atoms with Gasteiger partial charge in [0.2, 0.25) is 0 Å². The number of hydrogen-bond donors (Lipinski definition) is 0. The van der Waals surface area contributed by atoms with Crippen molar-refractivity contribution in [2.75, 3.05) is 6.54 Å².